The molecule has 2 N–H and O–H groups in total. The third kappa shape index (κ3) is 4.05. The molecule has 9 unspecified atom stereocenters. The highest BCUT2D eigenvalue weighted by Crippen LogP contribution is 2.68. The normalized spacial score (nSPS) is 49.3. The summed E-state index contributed by atoms with van der Waals surface area (Å²) in [5.41, 5.74) is 0.732. The van der Waals surface area contributed by atoms with Gasteiger partial charge >= 0.3 is 0 Å². The van der Waals surface area contributed by atoms with Gasteiger partial charge in [0.2, 0.25) is 0 Å². The Kier molecular flexibility index (Phi) is 6.93. The summed E-state index contributed by atoms with van der Waals surface area (Å²) in [7, 11) is 0. The summed E-state index contributed by atoms with van der Waals surface area (Å²) in [6.45, 7) is 14.9. The molecular weight excluding hydrogens is 380 g/mol. The summed E-state index contributed by atoms with van der Waals surface area (Å²) < 4.78 is 0. The van der Waals surface area contributed by atoms with Gasteiger partial charge in [-0.1, -0.05) is 54.4 Å². The number of aliphatic hydroxyl groups excluding tert-OH is 2. The second kappa shape index (κ2) is 8.94. The average Bonchev–Trinajstić information content (AvgIpc) is 3.07. The van der Waals surface area contributed by atoms with Crippen LogP contribution < -0.4 is 0 Å². The molecule has 2 heteroatoms. The number of rotatable bonds is 6. The van der Waals surface area contributed by atoms with E-state index in [1.807, 2.05) is 0 Å². The summed E-state index contributed by atoms with van der Waals surface area (Å²) in [6, 6.07) is 0. The lowest BCUT2D eigenvalue weighted by atomic mass is 9.43. The Balaban J connectivity index is 1.48. The molecule has 31 heavy (non-hydrogen) atoms. The zero-order chi connectivity index (χ0) is 22.6. The average molecular weight is 433 g/mol. The molecule has 4 aliphatic carbocycles. The first-order valence-corrected chi connectivity index (χ1v) is 14.0. The summed E-state index contributed by atoms with van der Waals surface area (Å²) in [5.74, 6) is 6.01. The van der Waals surface area contributed by atoms with Crippen LogP contribution in [-0.4, -0.2) is 22.4 Å². The maximum atomic E-state index is 11.2. The van der Waals surface area contributed by atoms with Crippen LogP contribution in [0.4, 0.5) is 0 Å². The van der Waals surface area contributed by atoms with Gasteiger partial charge in [0.05, 0.1) is 12.2 Å². The van der Waals surface area contributed by atoms with Crippen molar-refractivity contribution in [2.75, 3.05) is 0 Å². The summed E-state index contributed by atoms with van der Waals surface area (Å²) >= 11 is 0. The largest absolute Gasteiger partial charge is 0.393 e. The SMILES string of the molecule is CCC(CCC(C)C1CCC2C3CC(O)C4CC(O)CC[C@]4(C)C3CC[C@]12C)C(C)C. The van der Waals surface area contributed by atoms with Gasteiger partial charge in [-0.3, -0.25) is 0 Å². The minimum absolute atomic E-state index is 0.187. The van der Waals surface area contributed by atoms with Gasteiger partial charge in [-0.15, -0.1) is 0 Å². The van der Waals surface area contributed by atoms with Crippen molar-refractivity contribution in [1.29, 1.82) is 0 Å². The zero-order valence-electron chi connectivity index (χ0n) is 21.4. The van der Waals surface area contributed by atoms with Crippen molar-refractivity contribution in [2.45, 2.75) is 124 Å². The van der Waals surface area contributed by atoms with Gasteiger partial charge in [-0.05, 0) is 116 Å². The predicted molar refractivity (Wildman–Crippen MR) is 130 cm³/mol. The van der Waals surface area contributed by atoms with Crippen LogP contribution in [-0.2, 0) is 0 Å². The number of hydrogen-bond acceptors (Lipinski definition) is 2. The van der Waals surface area contributed by atoms with E-state index in [2.05, 4.69) is 41.5 Å². The Morgan fingerprint density at radius 1 is 0.806 bits per heavy atom. The minimum atomic E-state index is -0.198. The summed E-state index contributed by atoms with van der Waals surface area (Å²) in [6.07, 6.45) is 13.2. The van der Waals surface area contributed by atoms with Crippen molar-refractivity contribution in [3.05, 3.63) is 0 Å². The van der Waals surface area contributed by atoms with E-state index in [-0.39, 0.29) is 17.6 Å². The van der Waals surface area contributed by atoms with Gasteiger partial charge in [0.1, 0.15) is 0 Å². The van der Waals surface area contributed by atoms with Gasteiger partial charge in [-0.2, -0.15) is 0 Å². The van der Waals surface area contributed by atoms with Gasteiger partial charge in [0.15, 0.2) is 0 Å². The van der Waals surface area contributed by atoms with Crippen molar-refractivity contribution in [3.8, 4) is 0 Å². The van der Waals surface area contributed by atoms with Gasteiger partial charge in [0, 0.05) is 0 Å². The van der Waals surface area contributed by atoms with E-state index in [1.54, 1.807) is 0 Å². The first kappa shape index (κ1) is 24.1. The molecule has 4 fully saturated rings. The summed E-state index contributed by atoms with van der Waals surface area (Å²) in [4.78, 5) is 0. The lowest BCUT2D eigenvalue weighted by Gasteiger charge is -2.62. The minimum Gasteiger partial charge on any atom is -0.393 e. The van der Waals surface area contributed by atoms with E-state index in [9.17, 15) is 10.2 Å². The lowest BCUT2D eigenvalue weighted by Crippen LogP contribution is -2.58. The smallest absolute Gasteiger partial charge is 0.0577 e. The molecule has 0 saturated heterocycles. The summed E-state index contributed by atoms with van der Waals surface area (Å²) in [5, 5.41) is 21.5. The molecule has 0 amide bonds. The third-order valence-electron chi connectivity index (χ3n) is 11.9. The van der Waals surface area contributed by atoms with Crippen LogP contribution in [0.15, 0.2) is 0 Å². The van der Waals surface area contributed by atoms with Crippen LogP contribution >= 0.6 is 0 Å². The standard InChI is InChI=1S/C29H52O2/c1-7-20(18(2)3)9-8-19(4)23-10-11-24-22-17-27(31)26-16-21(30)12-14-29(26,6)25(22)13-15-28(23,24)5/h18-27,30-31H,7-17H2,1-6H3/t19?,20?,21?,22?,23?,24?,25?,26?,27?,28-,29-/m1/s1. The van der Waals surface area contributed by atoms with E-state index in [0.717, 1.165) is 61.2 Å². The Hall–Kier alpha value is -0.0800. The first-order valence-electron chi connectivity index (χ1n) is 14.0. The molecule has 4 rings (SSSR count). The third-order valence-corrected chi connectivity index (χ3v) is 11.9. The fourth-order valence-electron chi connectivity index (χ4n) is 9.94. The lowest BCUT2D eigenvalue weighted by molar-refractivity contribution is -0.172. The van der Waals surface area contributed by atoms with Crippen LogP contribution in [0.3, 0.4) is 0 Å². The van der Waals surface area contributed by atoms with Crippen molar-refractivity contribution >= 4 is 0 Å². The quantitative estimate of drug-likeness (QED) is 0.471. The Labute approximate surface area is 193 Å². The monoisotopic (exact) mass is 432 g/mol. The Morgan fingerprint density at radius 3 is 2.16 bits per heavy atom. The molecule has 0 heterocycles. The first-order chi connectivity index (χ1) is 14.6. The highest BCUT2D eigenvalue weighted by atomic mass is 16.3. The van der Waals surface area contributed by atoms with Crippen molar-refractivity contribution in [3.63, 3.8) is 0 Å². The topological polar surface area (TPSA) is 40.5 Å². The molecule has 180 valence electrons. The van der Waals surface area contributed by atoms with E-state index >= 15 is 0 Å². The highest BCUT2D eigenvalue weighted by molar-refractivity contribution is 5.11. The molecule has 0 bridgehead atoms. The van der Waals surface area contributed by atoms with Gasteiger partial charge < -0.3 is 10.2 Å². The van der Waals surface area contributed by atoms with Crippen molar-refractivity contribution in [2.24, 2.45) is 58.2 Å². The molecule has 0 radical (unpaired) electrons. The molecule has 0 aromatic rings. The molecule has 0 spiro atoms. The van der Waals surface area contributed by atoms with Crippen molar-refractivity contribution < 1.29 is 10.2 Å². The van der Waals surface area contributed by atoms with Gasteiger partial charge in [0.25, 0.3) is 0 Å². The second-order valence-electron chi connectivity index (χ2n) is 13.4. The Bertz CT molecular complexity index is 616. The van der Waals surface area contributed by atoms with E-state index < -0.39 is 0 Å². The van der Waals surface area contributed by atoms with Crippen LogP contribution in [0.1, 0.15) is 112 Å². The molecule has 4 saturated carbocycles. The van der Waals surface area contributed by atoms with Crippen LogP contribution in [0.25, 0.3) is 0 Å². The highest BCUT2D eigenvalue weighted by Gasteiger charge is 2.62. The molecule has 11 atom stereocenters. The van der Waals surface area contributed by atoms with Gasteiger partial charge in [-0.25, -0.2) is 0 Å². The van der Waals surface area contributed by atoms with E-state index in [0.29, 0.717) is 17.3 Å². The molecule has 4 aliphatic rings. The molecule has 2 nitrogen and oxygen atoms in total. The molecular formula is C29H52O2. The predicted octanol–water partition coefficient (Wildman–Crippen LogP) is 7.08. The van der Waals surface area contributed by atoms with Crippen LogP contribution in [0.5, 0.6) is 0 Å². The van der Waals surface area contributed by atoms with E-state index in [4.69, 9.17) is 0 Å². The second-order valence-corrected chi connectivity index (χ2v) is 13.4. The van der Waals surface area contributed by atoms with Crippen LogP contribution in [0, 0.1) is 58.2 Å². The molecule has 0 aromatic heterocycles. The maximum Gasteiger partial charge on any atom is 0.0577 e. The van der Waals surface area contributed by atoms with Crippen molar-refractivity contribution in [1.82, 2.24) is 0 Å². The molecule has 0 aromatic carbocycles. The maximum absolute atomic E-state index is 11.2. The molecule has 0 aliphatic heterocycles. The fraction of sp³-hybridized carbons (Fsp3) is 1.00. The fourth-order valence-corrected chi connectivity index (χ4v) is 9.94. The van der Waals surface area contributed by atoms with Crippen LogP contribution in [0.2, 0.25) is 0 Å². The number of aliphatic hydroxyl groups is 2. The zero-order valence-corrected chi connectivity index (χ0v) is 21.4. The number of hydrogen-bond donors (Lipinski definition) is 2. The Morgan fingerprint density at radius 2 is 1.48 bits per heavy atom. The number of fused-ring (bicyclic) bond motifs is 5. The van der Waals surface area contributed by atoms with E-state index in [1.165, 1.54) is 44.9 Å².